The van der Waals surface area contributed by atoms with Gasteiger partial charge >= 0.3 is 0 Å². The number of carbonyl (C=O) groups is 1. The molecule has 0 atom stereocenters. The maximum absolute atomic E-state index is 13.0. The summed E-state index contributed by atoms with van der Waals surface area (Å²) in [5, 5.41) is 3.00. The standard InChI is InChI=1S/C21H21FN2OS/c1-24(2)14-17-6-4-3-5-16(17)13-23-21(25)20-12-11-19(26-20)15-7-9-18(22)10-8-15/h3-12H,13-14H2,1-2H3,(H,23,25). The van der Waals surface area contributed by atoms with E-state index in [0.717, 1.165) is 22.5 Å². The Morgan fingerprint density at radius 2 is 1.69 bits per heavy atom. The minimum absolute atomic E-state index is 0.0944. The molecule has 0 aliphatic rings. The fourth-order valence-corrected chi connectivity index (χ4v) is 3.64. The minimum atomic E-state index is -0.264. The van der Waals surface area contributed by atoms with Crippen LogP contribution in [0.3, 0.4) is 0 Å². The average molecular weight is 368 g/mol. The summed E-state index contributed by atoms with van der Waals surface area (Å²) in [5.41, 5.74) is 3.23. The van der Waals surface area contributed by atoms with Gasteiger partial charge in [0.05, 0.1) is 4.88 Å². The van der Waals surface area contributed by atoms with E-state index in [9.17, 15) is 9.18 Å². The molecule has 1 aromatic heterocycles. The van der Waals surface area contributed by atoms with Crippen molar-refractivity contribution in [1.82, 2.24) is 10.2 Å². The van der Waals surface area contributed by atoms with E-state index in [4.69, 9.17) is 0 Å². The maximum Gasteiger partial charge on any atom is 0.261 e. The zero-order chi connectivity index (χ0) is 18.5. The molecule has 0 aliphatic carbocycles. The molecule has 0 fully saturated rings. The highest BCUT2D eigenvalue weighted by molar-refractivity contribution is 7.17. The molecular formula is C21H21FN2OS. The van der Waals surface area contributed by atoms with Crippen LogP contribution in [0.1, 0.15) is 20.8 Å². The monoisotopic (exact) mass is 368 g/mol. The van der Waals surface area contributed by atoms with Crippen LogP contribution in [-0.2, 0) is 13.1 Å². The topological polar surface area (TPSA) is 32.3 Å². The first-order chi connectivity index (χ1) is 12.5. The highest BCUT2D eigenvalue weighted by Crippen LogP contribution is 2.28. The summed E-state index contributed by atoms with van der Waals surface area (Å²) in [6.45, 7) is 1.33. The van der Waals surface area contributed by atoms with Crippen molar-refractivity contribution in [2.45, 2.75) is 13.1 Å². The SMILES string of the molecule is CN(C)Cc1ccccc1CNC(=O)c1ccc(-c2ccc(F)cc2)s1. The Kier molecular flexibility index (Phi) is 5.81. The Morgan fingerprint density at radius 1 is 1.00 bits per heavy atom. The lowest BCUT2D eigenvalue weighted by molar-refractivity contribution is 0.0955. The van der Waals surface area contributed by atoms with Gasteiger partial charge in [0.25, 0.3) is 5.91 Å². The van der Waals surface area contributed by atoms with Crippen molar-refractivity contribution in [3.8, 4) is 10.4 Å². The van der Waals surface area contributed by atoms with Gasteiger partial charge in [-0.1, -0.05) is 36.4 Å². The Hall–Kier alpha value is -2.50. The van der Waals surface area contributed by atoms with E-state index in [1.165, 1.54) is 29.0 Å². The van der Waals surface area contributed by atoms with Crippen LogP contribution in [0.15, 0.2) is 60.7 Å². The van der Waals surface area contributed by atoms with Gasteiger partial charge in [-0.05, 0) is 55.1 Å². The highest BCUT2D eigenvalue weighted by Gasteiger charge is 2.11. The van der Waals surface area contributed by atoms with Gasteiger partial charge in [0.15, 0.2) is 0 Å². The van der Waals surface area contributed by atoms with Crippen molar-refractivity contribution in [2.75, 3.05) is 14.1 Å². The molecular weight excluding hydrogens is 347 g/mol. The Morgan fingerprint density at radius 3 is 2.38 bits per heavy atom. The molecule has 3 aromatic rings. The van der Waals surface area contributed by atoms with Crippen LogP contribution < -0.4 is 5.32 Å². The quantitative estimate of drug-likeness (QED) is 0.692. The van der Waals surface area contributed by atoms with Crippen LogP contribution in [0.2, 0.25) is 0 Å². The predicted octanol–water partition coefficient (Wildman–Crippen LogP) is 4.55. The number of rotatable bonds is 6. The summed E-state index contributed by atoms with van der Waals surface area (Å²) in [7, 11) is 4.05. The number of hydrogen-bond donors (Lipinski definition) is 1. The van der Waals surface area contributed by atoms with Gasteiger partial charge in [-0.3, -0.25) is 4.79 Å². The van der Waals surface area contributed by atoms with Gasteiger partial charge in [0.2, 0.25) is 0 Å². The van der Waals surface area contributed by atoms with E-state index in [-0.39, 0.29) is 11.7 Å². The van der Waals surface area contributed by atoms with E-state index in [0.29, 0.717) is 11.4 Å². The second kappa shape index (κ2) is 8.25. The summed E-state index contributed by atoms with van der Waals surface area (Å²) >= 11 is 1.41. The molecule has 0 radical (unpaired) electrons. The zero-order valence-electron chi connectivity index (χ0n) is 14.8. The third-order valence-corrected chi connectivity index (χ3v) is 5.14. The molecule has 3 nitrogen and oxygen atoms in total. The van der Waals surface area contributed by atoms with Gasteiger partial charge in [-0.15, -0.1) is 11.3 Å². The molecule has 2 aromatic carbocycles. The van der Waals surface area contributed by atoms with E-state index in [2.05, 4.69) is 16.3 Å². The second-order valence-electron chi connectivity index (χ2n) is 6.36. The number of hydrogen-bond acceptors (Lipinski definition) is 3. The first-order valence-corrected chi connectivity index (χ1v) is 9.20. The van der Waals surface area contributed by atoms with E-state index < -0.39 is 0 Å². The fourth-order valence-electron chi connectivity index (χ4n) is 2.72. The van der Waals surface area contributed by atoms with Gasteiger partial charge in [-0.2, -0.15) is 0 Å². The van der Waals surface area contributed by atoms with Gasteiger partial charge in [0.1, 0.15) is 5.82 Å². The summed E-state index contributed by atoms with van der Waals surface area (Å²) in [4.78, 5) is 16.2. The summed E-state index contributed by atoms with van der Waals surface area (Å²) in [5.74, 6) is -0.359. The first kappa shape index (κ1) is 18.3. The summed E-state index contributed by atoms with van der Waals surface area (Å²) in [6, 6.07) is 18.1. The first-order valence-electron chi connectivity index (χ1n) is 8.38. The maximum atomic E-state index is 13.0. The smallest absolute Gasteiger partial charge is 0.261 e. The van der Waals surface area contributed by atoms with Crippen LogP contribution in [0.5, 0.6) is 0 Å². The minimum Gasteiger partial charge on any atom is -0.347 e. The Balaban J connectivity index is 1.67. The van der Waals surface area contributed by atoms with Crippen LogP contribution >= 0.6 is 11.3 Å². The molecule has 0 spiro atoms. The van der Waals surface area contributed by atoms with Gasteiger partial charge < -0.3 is 10.2 Å². The second-order valence-corrected chi connectivity index (χ2v) is 7.44. The molecule has 5 heteroatoms. The lowest BCUT2D eigenvalue weighted by Crippen LogP contribution is -2.23. The summed E-state index contributed by atoms with van der Waals surface area (Å²) < 4.78 is 13.0. The normalized spacial score (nSPS) is 10.9. The lowest BCUT2D eigenvalue weighted by Gasteiger charge is -2.14. The molecule has 0 saturated heterocycles. The Bertz CT molecular complexity index is 887. The van der Waals surface area contributed by atoms with Crippen LogP contribution in [0.25, 0.3) is 10.4 Å². The van der Waals surface area contributed by atoms with Gasteiger partial charge in [-0.25, -0.2) is 4.39 Å². The van der Waals surface area contributed by atoms with Crippen molar-refractivity contribution < 1.29 is 9.18 Å². The molecule has 26 heavy (non-hydrogen) atoms. The third-order valence-electron chi connectivity index (χ3n) is 4.00. The van der Waals surface area contributed by atoms with Crippen molar-refractivity contribution >= 4 is 17.2 Å². The molecule has 1 N–H and O–H groups in total. The van der Waals surface area contributed by atoms with Crippen molar-refractivity contribution in [2.24, 2.45) is 0 Å². The van der Waals surface area contributed by atoms with Crippen LogP contribution in [0, 0.1) is 5.82 Å². The van der Waals surface area contributed by atoms with Crippen molar-refractivity contribution in [1.29, 1.82) is 0 Å². The average Bonchev–Trinajstić information content (AvgIpc) is 3.11. The molecule has 134 valence electrons. The Labute approximate surface area is 157 Å². The zero-order valence-corrected chi connectivity index (χ0v) is 15.6. The molecule has 0 bridgehead atoms. The number of carbonyl (C=O) groups excluding carboxylic acids is 1. The molecule has 3 rings (SSSR count). The third kappa shape index (κ3) is 4.56. The highest BCUT2D eigenvalue weighted by atomic mass is 32.1. The van der Waals surface area contributed by atoms with Crippen molar-refractivity contribution in [3.63, 3.8) is 0 Å². The molecule has 0 saturated carbocycles. The van der Waals surface area contributed by atoms with E-state index in [1.807, 2.05) is 44.4 Å². The van der Waals surface area contributed by atoms with Crippen molar-refractivity contribution in [3.05, 3.63) is 82.5 Å². The van der Waals surface area contributed by atoms with Crippen LogP contribution in [0.4, 0.5) is 4.39 Å². The van der Waals surface area contributed by atoms with E-state index >= 15 is 0 Å². The lowest BCUT2D eigenvalue weighted by atomic mass is 10.1. The molecule has 1 heterocycles. The number of benzene rings is 2. The molecule has 0 aliphatic heterocycles. The largest absolute Gasteiger partial charge is 0.347 e. The number of nitrogens with one attached hydrogen (secondary N) is 1. The van der Waals surface area contributed by atoms with E-state index in [1.54, 1.807) is 12.1 Å². The fraction of sp³-hybridized carbons (Fsp3) is 0.190. The predicted molar refractivity (Wildman–Crippen MR) is 105 cm³/mol. The number of halogens is 1. The van der Waals surface area contributed by atoms with Gasteiger partial charge in [0, 0.05) is 18.0 Å². The summed E-state index contributed by atoms with van der Waals surface area (Å²) in [6.07, 6.45) is 0. The molecule has 0 unspecified atom stereocenters. The molecule has 1 amide bonds. The number of thiophene rings is 1. The number of nitrogens with zero attached hydrogens (tertiary/aromatic N) is 1. The van der Waals surface area contributed by atoms with Crippen LogP contribution in [-0.4, -0.2) is 24.9 Å². The number of amides is 1.